The zero-order valence-electron chi connectivity index (χ0n) is 16.1. The molecule has 0 fully saturated rings. The Labute approximate surface area is 173 Å². The van der Waals surface area contributed by atoms with E-state index in [1.165, 1.54) is 49.7 Å². The zero-order valence-corrected chi connectivity index (χ0v) is 16.9. The van der Waals surface area contributed by atoms with Gasteiger partial charge in [-0.3, -0.25) is 4.79 Å². The Morgan fingerprint density at radius 1 is 0.967 bits per heavy atom. The van der Waals surface area contributed by atoms with E-state index < -0.39 is 21.9 Å². The minimum atomic E-state index is -3.90. The highest BCUT2D eigenvalue weighted by Crippen LogP contribution is 2.18. The molecule has 9 nitrogen and oxygen atoms in total. The molecular weight excluding hydrogens is 408 g/mol. The van der Waals surface area contributed by atoms with Crippen LogP contribution in [0.4, 0.5) is 11.6 Å². The Morgan fingerprint density at radius 3 is 2.27 bits per heavy atom. The lowest BCUT2D eigenvalue weighted by Gasteiger charge is -2.10. The summed E-state index contributed by atoms with van der Waals surface area (Å²) in [5.74, 6) is -1.20. The van der Waals surface area contributed by atoms with Crippen LogP contribution >= 0.6 is 0 Å². The maximum absolute atomic E-state index is 12.5. The number of rotatable bonds is 6. The van der Waals surface area contributed by atoms with Gasteiger partial charge in [-0.25, -0.2) is 27.9 Å². The summed E-state index contributed by atoms with van der Waals surface area (Å²) >= 11 is 0. The van der Waals surface area contributed by atoms with Crippen LogP contribution in [-0.2, 0) is 14.8 Å². The highest BCUT2D eigenvalue weighted by atomic mass is 32.2. The van der Waals surface area contributed by atoms with Crippen LogP contribution in [0.25, 0.3) is 0 Å². The fraction of sp³-hybridized carbons (Fsp3) is 0.100. The molecule has 0 atom stereocenters. The molecule has 3 rings (SSSR count). The number of amides is 1. The van der Waals surface area contributed by atoms with E-state index >= 15 is 0 Å². The molecule has 3 aromatic rings. The minimum absolute atomic E-state index is 0.0273. The van der Waals surface area contributed by atoms with Crippen LogP contribution in [0, 0.1) is 6.92 Å². The summed E-state index contributed by atoms with van der Waals surface area (Å²) in [7, 11) is -2.67. The molecule has 1 heterocycles. The van der Waals surface area contributed by atoms with Crippen LogP contribution in [0.2, 0.25) is 0 Å². The van der Waals surface area contributed by atoms with Gasteiger partial charge in [0.1, 0.15) is 0 Å². The maximum Gasteiger partial charge on any atom is 0.338 e. The van der Waals surface area contributed by atoms with Crippen LogP contribution in [0.15, 0.2) is 65.7 Å². The summed E-state index contributed by atoms with van der Waals surface area (Å²) in [6.45, 7) is 1.72. The Bertz CT molecular complexity index is 1190. The minimum Gasteiger partial charge on any atom is -0.465 e. The first kappa shape index (κ1) is 20.9. The number of anilines is 2. The second-order valence-corrected chi connectivity index (χ2v) is 7.83. The lowest BCUT2D eigenvalue weighted by molar-refractivity contribution is 0.0597. The van der Waals surface area contributed by atoms with Gasteiger partial charge in [0.15, 0.2) is 0 Å². The lowest BCUT2D eigenvalue weighted by atomic mass is 10.1. The fourth-order valence-electron chi connectivity index (χ4n) is 2.56. The maximum atomic E-state index is 12.5. The molecular formula is C20H18N4O5S. The van der Waals surface area contributed by atoms with Crippen molar-refractivity contribution in [2.75, 3.05) is 17.1 Å². The van der Waals surface area contributed by atoms with Gasteiger partial charge in [0, 0.05) is 17.6 Å². The van der Waals surface area contributed by atoms with Crippen molar-refractivity contribution in [1.82, 2.24) is 9.97 Å². The summed E-state index contributed by atoms with van der Waals surface area (Å²) in [6.07, 6.45) is 1.45. The molecule has 0 aliphatic rings. The van der Waals surface area contributed by atoms with Crippen molar-refractivity contribution >= 4 is 33.5 Å². The Hall–Kier alpha value is -3.79. The first-order chi connectivity index (χ1) is 14.3. The third-order valence-corrected chi connectivity index (χ3v) is 5.36. The zero-order chi connectivity index (χ0) is 21.7. The summed E-state index contributed by atoms with van der Waals surface area (Å²) in [5, 5.41) is 2.63. The average molecular weight is 426 g/mol. The molecule has 10 heteroatoms. The molecule has 2 aromatic carbocycles. The number of esters is 1. The van der Waals surface area contributed by atoms with Crippen LogP contribution in [0.3, 0.4) is 0 Å². The molecule has 0 bridgehead atoms. The van der Waals surface area contributed by atoms with Crippen LogP contribution < -0.4 is 10.0 Å². The summed E-state index contributed by atoms with van der Waals surface area (Å²) in [6, 6.07) is 13.4. The van der Waals surface area contributed by atoms with E-state index in [2.05, 4.69) is 24.7 Å². The predicted octanol–water partition coefficient (Wildman–Crippen LogP) is 2.62. The highest BCUT2D eigenvalue weighted by molar-refractivity contribution is 7.92. The molecule has 0 saturated carbocycles. The third-order valence-electron chi connectivity index (χ3n) is 4.02. The van der Waals surface area contributed by atoms with E-state index in [1.54, 1.807) is 25.1 Å². The monoisotopic (exact) mass is 426 g/mol. The number of aromatic nitrogens is 2. The molecule has 30 heavy (non-hydrogen) atoms. The number of aryl methyl sites for hydroxylation is 1. The normalized spacial score (nSPS) is 10.9. The van der Waals surface area contributed by atoms with Gasteiger partial charge < -0.3 is 10.1 Å². The number of nitrogens with zero attached hydrogens (tertiary/aromatic N) is 2. The van der Waals surface area contributed by atoms with E-state index in [1.807, 2.05) is 0 Å². The number of hydrogen-bond donors (Lipinski definition) is 2. The van der Waals surface area contributed by atoms with Crippen LogP contribution in [0.5, 0.6) is 0 Å². The first-order valence-electron chi connectivity index (χ1n) is 8.71. The van der Waals surface area contributed by atoms with Gasteiger partial charge in [-0.05, 0) is 49.4 Å². The summed E-state index contributed by atoms with van der Waals surface area (Å²) < 4.78 is 32.0. The molecule has 1 aromatic heterocycles. The van der Waals surface area contributed by atoms with Gasteiger partial charge in [-0.1, -0.05) is 12.1 Å². The SMILES string of the molecule is COC(=O)c1ccccc1C(=O)Nc1ccc(S(=O)(=O)Nc2nccc(C)n2)cc1. The highest BCUT2D eigenvalue weighted by Gasteiger charge is 2.18. The van der Waals surface area contributed by atoms with Gasteiger partial charge in [-0.2, -0.15) is 0 Å². The Balaban J connectivity index is 1.76. The number of methoxy groups -OCH3 is 1. The van der Waals surface area contributed by atoms with E-state index in [0.29, 0.717) is 11.4 Å². The number of carbonyl (C=O) groups is 2. The van der Waals surface area contributed by atoms with Crippen molar-refractivity contribution in [3.63, 3.8) is 0 Å². The van der Waals surface area contributed by atoms with E-state index in [-0.39, 0.29) is 22.0 Å². The molecule has 1 amide bonds. The van der Waals surface area contributed by atoms with Crippen molar-refractivity contribution in [2.24, 2.45) is 0 Å². The van der Waals surface area contributed by atoms with Crippen molar-refractivity contribution in [2.45, 2.75) is 11.8 Å². The number of benzene rings is 2. The lowest BCUT2D eigenvalue weighted by Crippen LogP contribution is -2.17. The molecule has 154 valence electrons. The molecule has 0 unspecified atom stereocenters. The van der Waals surface area contributed by atoms with Crippen molar-refractivity contribution < 1.29 is 22.7 Å². The smallest absolute Gasteiger partial charge is 0.338 e. The topological polar surface area (TPSA) is 127 Å². The van der Waals surface area contributed by atoms with Crippen molar-refractivity contribution in [3.05, 3.63) is 77.6 Å². The molecule has 0 spiro atoms. The first-order valence-corrected chi connectivity index (χ1v) is 10.2. The average Bonchev–Trinajstić information content (AvgIpc) is 2.73. The van der Waals surface area contributed by atoms with Gasteiger partial charge in [-0.15, -0.1) is 0 Å². The largest absolute Gasteiger partial charge is 0.465 e. The Morgan fingerprint density at radius 2 is 1.63 bits per heavy atom. The summed E-state index contributed by atoms with van der Waals surface area (Å²) in [5.41, 5.74) is 1.23. The molecule has 0 aliphatic carbocycles. The number of ether oxygens (including phenoxy) is 1. The van der Waals surface area contributed by atoms with E-state index in [9.17, 15) is 18.0 Å². The molecule has 0 radical (unpaired) electrons. The van der Waals surface area contributed by atoms with Crippen molar-refractivity contribution in [3.8, 4) is 0 Å². The Kier molecular flexibility index (Phi) is 6.07. The fourth-order valence-corrected chi connectivity index (χ4v) is 3.51. The standard InChI is InChI=1S/C20H18N4O5S/c1-13-11-12-21-20(22-13)24-30(27,28)15-9-7-14(8-10-15)23-18(25)16-5-3-4-6-17(16)19(26)29-2/h3-12H,1-2H3,(H,23,25)(H,21,22,24). The van der Waals surface area contributed by atoms with E-state index in [4.69, 9.17) is 0 Å². The molecule has 0 aliphatic heterocycles. The molecule has 0 saturated heterocycles. The third kappa shape index (κ3) is 4.78. The molecule has 2 N–H and O–H groups in total. The van der Waals surface area contributed by atoms with Crippen LogP contribution in [-0.4, -0.2) is 37.4 Å². The number of nitrogens with one attached hydrogen (secondary N) is 2. The number of carbonyl (C=O) groups excluding carboxylic acids is 2. The predicted molar refractivity (Wildman–Crippen MR) is 110 cm³/mol. The second-order valence-electron chi connectivity index (χ2n) is 6.14. The van der Waals surface area contributed by atoms with Gasteiger partial charge in [0.05, 0.1) is 23.1 Å². The van der Waals surface area contributed by atoms with Gasteiger partial charge in [0.25, 0.3) is 15.9 Å². The number of hydrogen-bond acceptors (Lipinski definition) is 7. The second kappa shape index (κ2) is 8.70. The quantitative estimate of drug-likeness (QED) is 0.580. The number of sulfonamides is 1. The van der Waals surface area contributed by atoms with Gasteiger partial charge in [0.2, 0.25) is 5.95 Å². The van der Waals surface area contributed by atoms with Crippen molar-refractivity contribution in [1.29, 1.82) is 0 Å². The summed E-state index contributed by atoms with van der Waals surface area (Å²) in [4.78, 5) is 32.2. The van der Waals surface area contributed by atoms with Gasteiger partial charge >= 0.3 is 5.97 Å². The van der Waals surface area contributed by atoms with Crippen LogP contribution in [0.1, 0.15) is 26.4 Å². The van der Waals surface area contributed by atoms with E-state index in [0.717, 1.165) is 0 Å².